The summed E-state index contributed by atoms with van der Waals surface area (Å²) >= 11 is 0. The van der Waals surface area contributed by atoms with Gasteiger partial charge in [0.2, 0.25) is 0 Å². The molecule has 1 amide bonds. The molecule has 4 heteroatoms. The van der Waals surface area contributed by atoms with E-state index in [1.165, 1.54) is 0 Å². The van der Waals surface area contributed by atoms with Gasteiger partial charge in [0.1, 0.15) is 6.61 Å². The van der Waals surface area contributed by atoms with Crippen molar-refractivity contribution in [2.24, 2.45) is 0 Å². The Hall–Kier alpha value is -0.770. The molecule has 0 radical (unpaired) electrons. The quantitative estimate of drug-likeness (QED) is 0.601. The summed E-state index contributed by atoms with van der Waals surface area (Å²) in [6.07, 6.45) is 0.889. The summed E-state index contributed by atoms with van der Waals surface area (Å²) in [7, 11) is 6.47. The molecular weight excluding hydrogens is 168 g/mol. The van der Waals surface area contributed by atoms with Crippen molar-refractivity contribution in [1.29, 1.82) is 0 Å². The third-order valence-corrected chi connectivity index (χ3v) is 2.10. The average molecular weight is 187 g/mol. The standard InChI is InChI=1S/C9H19N2O2/c1-11(2,3)7-4-5-10-6-8-13-9(10)12/h4-8H2,1-3H3/q+1. The zero-order chi connectivity index (χ0) is 9.90. The van der Waals surface area contributed by atoms with E-state index in [9.17, 15) is 4.79 Å². The van der Waals surface area contributed by atoms with E-state index in [-0.39, 0.29) is 6.09 Å². The number of carbonyl (C=O) groups is 1. The first-order chi connectivity index (χ1) is 5.99. The maximum atomic E-state index is 11.0. The Bertz CT molecular complexity index is 187. The second kappa shape index (κ2) is 3.96. The van der Waals surface area contributed by atoms with Gasteiger partial charge >= 0.3 is 6.09 Å². The van der Waals surface area contributed by atoms with Gasteiger partial charge in [0.25, 0.3) is 0 Å². The summed E-state index contributed by atoms with van der Waals surface area (Å²) in [5.41, 5.74) is 0. The van der Waals surface area contributed by atoms with Gasteiger partial charge in [-0.3, -0.25) is 0 Å². The number of amides is 1. The highest BCUT2D eigenvalue weighted by Gasteiger charge is 2.21. The highest BCUT2D eigenvalue weighted by molar-refractivity contribution is 5.69. The van der Waals surface area contributed by atoms with E-state index in [1.807, 2.05) is 0 Å². The molecule has 0 saturated carbocycles. The summed E-state index contributed by atoms with van der Waals surface area (Å²) < 4.78 is 5.78. The minimum atomic E-state index is -0.151. The molecule has 0 aliphatic carbocycles. The monoisotopic (exact) mass is 187 g/mol. The molecular formula is C9H19N2O2+. The van der Waals surface area contributed by atoms with E-state index in [0.29, 0.717) is 6.61 Å². The van der Waals surface area contributed by atoms with Crippen LogP contribution in [0.3, 0.4) is 0 Å². The number of rotatable bonds is 4. The summed E-state index contributed by atoms with van der Waals surface area (Å²) in [5.74, 6) is 0. The molecule has 76 valence electrons. The van der Waals surface area contributed by atoms with Gasteiger partial charge in [-0.25, -0.2) is 4.79 Å². The number of carbonyl (C=O) groups excluding carboxylic acids is 1. The number of ether oxygens (including phenoxy) is 1. The van der Waals surface area contributed by atoms with Gasteiger partial charge in [-0.15, -0.1) is 0 Å². The van der Waals surface area contributed by atoms with Crippen LogP contribution in [0.5, 0.6) is 0 Å². The number of cyclic esters (lactones) is 1. The molecule has 0 aromatic carbocycles. The zero-order valence-corrected chi connectivity index (χ0v) is 8.75. The molecule has 1 aliphatic rings. The first kappa shape index (κ1) is 10.3. The number of nitrogens with zero attached hydrogens (tertiary/aromatic N) is 2. The molecule has 0 aromatic rings. The Balaban J connectivity index is 2.16. The van der Waals surface area contributed by atoms with Gasteiger partial charge in [-0.1, -0.05) is 0 Å². The molecule has 0 spiro atoms. The van der Waals surface area contributed by atoms with Crippen LogP contribution in [0.1, 0.15) is 6.42 Å². The van der Waals surface area contributed by atoms with Crippen LogP contribution in [0.15, 0.2) is 0 Å². The van der Waals surface area contributed by atoms with Gasteiger partial charge in [0, 0.05) is 13.0 Å². The first-order valence-electron chi connectivity index (χ1n) is 4.71. The van der Waals surface area contributed by atoms with Crippen molar-refractivity contribution >= 4 is 6.09 Å². The van der Waals surface area contributed by atoms with Crippen LogP contribution >= 0.6 is 0 Å². The van der Waals surface area contributed by atoms with Crippen molar-refractivity contribution < 1.29 is 14.0 Å². The van der Waals surface area contributed by atoms with E-state index in [1.54, 1.807) is 4.90 Å². The van der Waals surface area contributed by atoms with E-state index >= 15 is 0 Å². The lowest BCUT2D eigenvalue weighted by molar-refractivity contribution is -0.870. The largest absolute Gasteiger partial charge is 0.448 e. The van der Waals surface area contributed by atoms with Crippen LogP contribution in [0, 0.1) is 0 Å². The predicted octanol–water partition coefficient (Wildman–Crippen LogP) is 0.535. The molecule has 1 rings (SSSR count). The molecule has 1 saturated heterocycles. The topological polar surface area (TPSA) is 29.5 Å². The SMILES string of the molecule is C[N+](C)(C)CCCN1CCOC1=O. The van der Waals surface area contributed by atoms with Gasteiger partial charge in [0.15, 0.2) is 0 Å². The molecule has 0 N–H and O–H groups in total. The molecule has 0 atom stereocenters. The number of hydrogen-bond donors (Lipinski definition) is 0. The molecule has 0 aromatic heterocycles. The lowest BCUT2D eigenvalue weighted by Crippen LogP contribution is -2.37. The molecule has 1 aliphatic heterocycles. The summed E-state index contributed by atoms with van der Waals surface area (Å²) in [6.45, 7) is 3.23. The van der Waals surface area contributed by atoms with Crippen molar-refractivity contribution in [2.75, 3.05) is 47.4 Å². The van der Waals surface area contributed by atoms with Crippen LogP contribution in [0.25, 0.3) is 0 Å². The van der Waals surface area contributed by atoms with Gasteiger partial charge in [0.05, 0.1) is 34.2 Å². The van der Waals surface area contributed by atoms with Gasteiger partial charge < -0.3 is 14.1 Å². The van der Waals surface area contributed by atoms with Crippen molar-refractivity contribution in [3.63, 3.8) is 0 Å². The van der Waals surface area contributed by atoms with Gasteiger partial charge in [-0.05, 0) is 0 Å². The Labute approximate surface area is 79.7 Å². The average Bonchev–Trinajstić information content (AvgIpc) is 2.34. The predicted molar refractivity (Wildman–Crippen MR) is 50.4 cm³/mol. The second-order valence-corrected chi connectivity index (χ2v) is 4.47. The fourth-order valence-electron chi connectivity index (χ4n) is 1.36. The molecule has 1 fully saturated rings. The van der Waals surface area contributed by atoms with E-state index in [4.69, 9.17) is 4.74 Å². The third kappa shape index (κ3) is 3.63. The van der Waals surface area contributed by atoms with Crippen LogP contribution in [-0.2, 0) is 4.74 Å². The van der Waals surface area contributed by atoms with Crippen LogP contribution < -0.4 is 0 Å². The van der Waals surface area contributed by atoms with Crippen LogP contribution in [0.2, 0.25) is 0 Å². The molecule has 0 bridgehead atoms. The molecule has 1 heterocycles. The van der Waals surface area contributed by atoms with Crippen molar-refractivity contribution in [2.45, 2.75) is 6.42 Å². The van der Waals surface area contributed by atoms with Gasteiger partial charge in [-0.2, -0.15) is 0 Å². The Kier molecular flexibility index (Phi) is 3.14. The molecule has 4 nitrogen and oxygen atoms in total. The number of quaternary nitrogens is 1. The van der Waals surface area contributed by atoms with Crippen LogP contribution in [0.4, 0.5) is 4.79 Å². The summed E-state index contributed by atoms with van der Waals surface area (Å²) in [4.78, 5) is 12.8. The fourth-order valence-corrected chi connectivity index (χ4v) is 1.36. The second-order valence-electron chi connectivity index (χ2n) is 4.47. The van der Waals surface area contributed by atoms with E-state index in [2.05, 4.69) is 21.1 Å². The Morgan fingerprint density at radius 1 is 1.46 bits per heavy atom. The lowest BCUT2D eigenvalue weighted by Gasteiger charge is -2.24. The minimum absolute atomic E-state index is 0.151. The molecule has 13 heavy (non-hydrogen) atoms. The summed E-state index contributed by atoms with van der Waals surface area (Å²) in [6, 6.07) is 0. The third-order valence-electron chi connectivity index (χ3n) is 2.10. The summed E-state index contributed by atoms with van der Waals surface area (Å²) in [5, 5.41) is 0. The normalized spacial score (nSPS) is 17.8. The molecule has 0 unspecified atom stereocenters. The fraction of sp³-hybridized carbons (Fsp3) is 0.889. The van der Waals surface area contributed by atoms with Crippen molar-refractivity contribution in [1.82, 2.24) is 4.90 Å². The maximum absolute atomic E-state index is 11.0. The van der Waals surface area contributed by atoms with E-state index < -0.39 is 0 Å². The minimum Gasteiger partial charge on any atom is -0.448 e. The first-order valence-corrected chi connectivity index (χ1v) is 4.71. The Morgan fingerprint density at radius 3 is 2.62 bits per heavy atom. The highest BCUT2D eigenvalue weighted by atomic mass is 16.6. The maximum Gasteiger partial charge on any atom is 0.409 e. The van der Waals surface area contributed by atoms with Crippen molar-refractivity contribution in [3.05, 3.63) is 0 Å². The highest BCUT2D eigenvalue weighted by Crippen LogP contribution is 2.04. The number of hydrogen-bond acceptors (Lipinski definition) is 2. The lowest BCUT2D eigenvalue weighted by atomic mass is 10.3. The van der Waals surface area contributed by atoms with E-state index in [0.717, 1.165) is 30.5 Å². The smallest absolute Gasteiger partial charge is 0.409 e. The van der Waals surface area contributed by atoms with Crippen LogP contribution in [-0.4, -0.2) is 62.9 Å². The Morgan fingerprint density at radius 2 is 2.15 bits per heavy atom. The zero-order valence-electron chi connectivity index (χ0n) is 8.75. The van der Waals surface area contributed by atoms with Crippen molar-refractivity contribution in [3.8, 4) is 0 Å².